The number of carboxylic acids is 1. The molecule has 15 nitrogen and oxygen atoms in total. The van der Waals surface area contributed by atoms with Crippen LogP contribution in [0.15, 0.2) is 60.1 Å². The van der Waals surface area contributed by atoms with Crippen molar-refractivity contribution in [1.82, 2.24) is 10.3 Å². The second-order valence-corrected chi connectivity index (χ2v) is 11.4. The molecule has 1 heterocycles. The van der Waals surface area contributed by atoms with Gasteiger partial charge < -0.3 is 41.4 Å². The number of amidine groups is 1. The monoisotopic (exact) mass is 750 g/mol. The Balaban J connectivity index is 0.00000115. The summed E-state index contributed by atoms with van der Waals surface area (Å²) < 4.78 is 14.6. The molecule has 3 aromatic rings. The van der Waals surface area contributed by atoms with Crippen LogP contribution in [0.2, 0.25) is 0 Å². The zero-order chi connectivity index (χ0) is 41.2. The van der Waals surface area contributed by atoms with Crippen molar-refractivity contribution < 1.29 is 43.3 Å². The molecule has 294 valence electrons. The lowest BCUT2D eigenvalue weighted by Gasteiger charge is -2.16. The largest absolute Gasteiger partial charge is 0.496 e. The Morgan fingerprint density at radius 1 is 1.02 bits per heavy atom. The molecule has 3 rings (SSSR count). The Morgan fingerprint density at radius 3 is 2.13 bits per heavy atom. The van der Waals surface area contributed by atoms with E-state index in [1.165, 1.54) is 26.7 Å². The fraction of sp³-hybridized carbons (Fsp3) is 0.359. The smallest absolute Gasteiger partial charge is 0.355 e. The number of ether oxygens (including phenoxy) is 3. The number of nitrogens with two attached hydrogens (primary N) is 2. The first-order valence-corrected chi connectivity index (χ1v) is 17.1. The molecular formula is C39H54N6O9. The van der Waals surface area contributed by atoms with E-state index in [-0.39, 0.29) is 29.2 Å². The molecule has 2 aromatic carbocycles. The van der Waals surface area contributed by atoms with Gasteiger partial charge >= 0.3 is 11.9 Å². The number of rotatable bonds is 15. The number of benzene rings is 2. The Labute approximate surface area is 317 Å². The third kappa shape index (κ3) is 17.1. The molecule has 0 saturated heterocycles. The number of pyridine rings is 1. The van der Waals surface area contributed by atoms with Gasteiger partial charge in [0.2, 0.25) is 12.8 Å². The van der Waals surface area contributed by atoms with Crippen molar-refractivity contribution in [3.8, 4) is 16.9 Å². The van der Waals surface area contributed by atoms with Crippen molar-refractivity contribution >= 4 is 48.3 Å². The normalized spacial score (nSPS) is 11.2. The number of esters is 1. The van der Waals surface area contributed by atoms with Crippen LogP contribution in [0.1, 0.15) is 85.1 Å². The van der Waals surface area contributed by atoms with Crippen molar-refractivity contribution in [3.05, 3.63) is 83.2 Å². The molecule has 2 unspecified atom stereocenters. The van der Waals surface area contributed by atoms with E-state index in [0.717, 1.165) is 19.4 Å². The van der Waals surface area contributed by atoms with Crippen LogP contribution in [0.3, 0.4) is 0 Å². The lowest BCUT2D eigenvalue weighted by atomic mass is 9.94. The van der Waals surface area contributed by atoms with Crippen LogP contribution in [-0.2, 0) is 23.9 Å². The number of hydrogen-bond acceptors (Lipinski definition) is 10. The average Bonchev–Trinajstić information content (AvgIpc) is 3.17. The summed E-state index contributed by atoms with van der Waals surface area (Å²) in [6, 6.07) is 12.9. The Bertz CT molecular complexity index is 1690. The average molecular weight is 751 g/mol. The van der Waals surface area contributed by atoms with Gasteiger partial charge in [-0.1, -0.05) is 59.3 Å². The fourth-order valence-corrected chi connectivity index (χ4v) is 4.01. The van der Waals surface area contributed by atoms with Crippen LogP contribution in [0.25, 0.3) is 17.2 Å². The number of anilines is 1. The summed E-state index contributed by atoms with van der Waals surface area (Å²) in [6.45, 7) is 16.2. The highest BCUT2D eigenvalue weighted by Crippen LogP contribution is 2.34. The molecule has 1 aromatic heterocycles. The van der Waals surface area contributed by atoms with E-state index in [4.69, 9.17) is 16.2 Å². The summed E-state index contributed by atoms with van der Waals surface area (Å²) in [5.74, 6) is -1.08. The van der Waals surface area contributed by atoms with Crippen molar-refractivity contribution in [2.24, 2.45) is 22.4 Å². The standard InChI is InChI=1S/C25H22N4O5.C6H13NO.C5H11NO3.C3H8/c1-4-15-11-20(24(31)29-17-8-6-16(7-9-17)23(26)27-13-30)19(12-21(15)34-3)18-10-5-14(2)28-22(18)25(32)33;1-3-6(2)4-7-5-8;1-4(8-2)9-5(7)3-6;1-3-2/h4-13H,1H2,2-3H3,(H,29,31)(H,32,33)(H2,26,27,30);5-6H,3-4H2,1-2H3,(H,7,8);4H,3,6H2,1-2H3;3H2,1-2H3. The molecule has 7 N–H and O–H groups in total. The van der Waals surface area contributed by atoms with Crippen LogP contribution in [0.4, 0.5) is 5.69 Å². The molecule has 15 heteroatoms. The summed E-state index contributed by atoms with van der Waals surface area (Å²) in [5, 5.41) is 15.1. The van der Waals surface area contributed by atoms with Gasteiger partial charge in [0.25, 0.3) is 5.91 Å². The second-order valence-electron chi connectivity index (χ2n) is 11.4. The lowest BCUT2D eigenvalue weighted by molar-refractivity contribution is -0.167. The van der Waals surface area contributed by atoms with Gasteiger partial charge in [-0.15, -0.1) is 0 Å². The molecule has 0 aliphatic heterocycles. The topological polar surface area (TPSA) is 235 Å². The van der Waals surface area contributed by atoms with Gasteiger partial charge in [0.15, 0.2) is 12.0 Å². The van der Waals surface area contributed by atoms with E-state index in [9.17, 15) is 29.1 Å². The quantitative estimate of drug-likeness (QED) is 0.0444. The Hall–Kier alpha value is -5.93. The van der Waals surface area contributed by atoms with E-state index < -0.39 is 24.1 Å². The minimum absolute atomic E-state index is 0.0500. The van der Waals surface area contributed by atoms with Crippen molar-refractivity contribution in [2.75, 3.05) is 32.6 Å². The highest BCUT2D eigenvalue weighted by molar-refractivity contribution is 6.11. The van der Waals surface area contributed by atoms with Gasteiger partial charge in [-0.2, -0.15) is 4.99 Å². The lowest BCUT2D eigenvalue weighted by Crippen LogP contribution is -2.22. The minimum atomic E-state index is -1.22. The zero-order valence-corrected chi connectivity index (χ0v) is 32.3. The van der Waals surface area contributed by atoms with E-state index in [1.807, 2.05) is 0 Å². The molecule has 0 fully saturated rings. The predicted octanol–water partition coefficient (Wildman–Crippen LogP) is 5.20. The van der Waals surface area contributed by atoms with Gasteiger partial charge in [0.1, 0.15) is 11.6 Å². The number of carboxylic acid groups (broad SMARTS) is 1. The number of methoxy groups -OCH3 is 2. The van der Waals surface area contributed by atoms with Gasteiger partial charge in [-0.05, 0) is 62.2 Å². The zero-order valence-electron chi connectivity index (χ0n) is 32.3. The van der Waals surface area contributed by atoms with Crippen molar-refractivity contribution in [3.63, 3.8) is 0 Å². The summed E-state index contributed by atoms with van der Waals surface area (Å²) >= 11 is 0. The van der Waals surface area contributed by atoms with E-state index in [0.29, 0.717) is 46.1 Å². The highest BCUT2D eigenvalue weighted by atomic mass is 16.7. The number of nitrogens with one attached hydrogen (secondary N) is 2. The number of aromatic nitrogens is 1. The molecule has 0 aliphatic carbocycles. The van der Waals surface area contributed by atoms with Gasteiger partial charge in [-0.25, -0.2) is 9.78 Å². The third-order valence-corrected chi connectivity index (χ3v) is 7.03. The molecule has 2 atom stereocenters. The number of carbonyl (C=O) groups is 5. The van der Waals surface area contributed by atoms with Crippen LogP contribution >= 0.6 is 0 Å². The molecule has 54 heavy (non-hydrogen) atoms. The molecule has 0 bridgehead atoms. The first kappa shape index (κ1) is 48.1. The van der Waals surface area contributed by atoms with E-state index in [2.05, 4.69) is 64.4 Å². The summed E-state index contributed by atoms with van der Waals surface area (Å²) in [7, 11) is 2.92. The Kier molecular flexibility index (Phi) is 23.8. The number of nitrogens with zero attached hydrogens (tertiary/aromatic N) is 2. The van der Waals surface area contributed by atoms with Gasteiger partial charge in [-0.3, -0.25) is 19.2 Å². The van der Waals surface area contributed by atoms with Gasteiger partial charge in [0, 0.05) is 52.9 Å². The highest BCUT2D eigenvalue weighted by Gasteiger charge is 2.22. The Morgan fingerprint density at radius 2 is 1.65 bits per heavy atom. The van der Waals surface area contributed by atoms with Crippen LogP contribution in [-0.4, -0.2) is 80.2 Å². The SMILES string of the molecule is C=Cc1cc(C(=O)Nc2ccc(C(N)=NC=O)cc2)c(-c2ccc(C)nc2C(=O)O)cc1OC.CCC.CCC(C)CNC=O.COC(C)OC(=O)CN. The summed E-state index contributed by atoms with van der Waals surface area (Å²) in [4.78, 5) is 63.4. The molecule has 3 amide bonds. The molecule has 0 spiro atoms. The fourth-order valence-electron chi connectivity index (χ4n) is 4.01. The summed E-state index contributed by atoms with van der Waals surface area (Å²) in [6.07, 6.45) is 4.50. The molecule has 0 saturated carbocycles. The number of hydrogen-bond donors (Lipinski definition) is 5. The number of carbonyl (C=O) groups excluding carboxylic acids is 4. The van der Waals surface area contributed by atoms with Crippen LogP contribution in [0, 0.1) is 12.8 Å². The van der Waals surface area contributed by atoms with Crippen molar-refractivity contribution in [2.45, 2.75) is 60.7 Å². The second kappa shape index (κ2) is 26.8. The molecule has 0 radical (unpaired) electrons. The predicted molar refractivity (Wildman–Crippen MR) is 210 cm³/mol. The van der Waals surface area contributed by atoms with Crippen molar-refractivity contribution in [1.29, 1.82) is 0 Å². The number of amides is 3. The van der Waals surface area contributed by atoms with Crippen LogP contribution < -0.4 is 26.8 Å². The number of aromatic carboxylic acids is 1. The first-order chi connectivity index (χ1) is 25.7. The van der Waals surface area contributed by atoms with E-state index in [1.54, 1.807) is 62.4 Å². The van der Waals surface area contributed by atoms with Crippen LogP contribution in [0.5, 0.6) is 5.75 Å². The third-order valence-electron chi connectivity index (χ3n) is 7.03. The first-order valence-electron chi connectivity index (χ1n) is 17.1. The maximum Gasteiger partial charge on any atom is 0.355 e. The molecule has 0 aliphatic rings. The number of aryl methyl sites for hydroxylation is 1. The maximum atomic E-state index is 13.3. The van der Waals surface area contributed by atoms with E-state index >= 15 is 0 Å². The number of aliphatic imine (C=N–C) groups is 1. The maximum absolute atomic E-state index is 13.3. The van der Waals surface area contributed by atoms with Gasteiger partial charge in [0.05, 0.1) is 13.7 Å². The summed E-state index contributed by atoms with van der Waals surface area (Å²) in [5.41, 5.74) is 13.3. The minimum Gasteiger partial charge on any atom is -0.496 e. The molecular weight excluding hydrogens is 696 g/mol.